The first-order chi connectivity index (χ1) is 5.45. The highest BCUT2D eigenvalue weighted by Gasteiger charge is 2.26. The van der Waals surface area contributed by atoms with Gasteiger partial charge in [-0.05, 0) is 0 Å². The highest BCUT2D eigenvalue weighted by atomic mass is 16.6. The summed E-state index contributed by atoms with van der Waals surface area (Å²) in [4.78, 5) is 0. The van der Waals surface area contributed by atoms with Gasteiger partial charge in [0.25, 0.3) is 0 Å². The van der Waals surface area contributed by atoms with E-state index < -0.39 is 0 Å². The van der Waals surface area contributed by atoms with Crippen LogP contribution in [0, 0.1) is 0 Å². The Kier molecular flexibility index (Phi) is 5.92. The maximum absolute atomic E-state index is 5.23. The number of hydrogen-bond acceptors (Lipinski definition) is 3. The van der Waals surface area contributed by atoms with Crippen LogP contribution in [0.25, 0.3) is 0 Å². The van der Waals surface area contributed by atoms with Gasteiger partial charge < -0.3 is 19.7 Å². The van der Waals surface area contributed by atoms with Crippen molar-refractivity contribution >= 4 is 0 Å². The third-order valence-electron chi connectivity index (χ3n) is 1.41. The molecular weight excluding hydrogens is 160 g/mol. The molecule has 2 aliphatic heterocycles. The van der Waals surface area contributed by atoms with Gasteiger partial charge in [0.15, 0.2) is 0 Å². The molecule has 12 heavy (non-hydrogen) atoms. The van der Waals surface area contributed by atoms with Gasteiger partial charge in [0.05, 0.1) is 26.4 Å². The standard InChI is InChI=1S/C6H10O3.C2H4.H2O/c1(5-3-8-5)7-2-6-4-9-6;1-2;/h5-6H,1-4H2;1-2H2;1H2. The van der Waals surface area contributed by atoms with Crippen LogP contribution >= 0.6 is 0 Å². The number of epoxide rings is 2. The second-order valence-electron chi connectivity index (χ2n) is 2.45. The fourth-order valence-electron chi connectivity index (χ4n) is 0.659. The molecule has 0 amide bonds. The van der Waals surface area contributed by atoms with E-state index in [0.717, 1.165) is 26.4 Å². The zero-order chi connectivity index (χ0) is 8.10. The zero-order valence-corrected chi connectivity index (χ0v) is 7.12. The Morgan fingerprint density at radius 1 is 1.08 bits per heavy atom. The third-order valence-corrected chi connectivity index (χ3v) is 1.41. The van der Waals surface area contributed by atoms with Gasteiger partial charge in [-0.25, -0.2) is 0 Å². The van der Waals surface area contributed by atoms with Gasteiger partial charge in [-0.15, -0.1) is 13.2 Å². The number of rotatable bonds is 4. The van der Waals surface area contributed by atoms with Crippen molar-refractivity contribution in [2.24, 2.45) is 0 Å². The molecule has 0 saturated carbocycles. The topological polar surface area (TPSA) is 65.8 Å². The van der Waals surface area contributed by atoms with Crippen LogP contribution in [0.3, 0.4) is 0 Å². The van der Waals surface area contributed by atoms with Crippen LogP contribution in [0.5, 0.6) is 0 Å². The third kappa shape index (κ3) is 5.26. The average Bonchev–Trinajstić information content (AvgIpc) is 2.86. The molecule has 2 rings (SSSR count). The molecular formula is C8H16O4. The van der Waals surface area contributed by atoms with Gasteiger partial charge in [0.2, 0.25) is 0 Å². The van der Waals surface area contributed by atoms with E-state index in [1.807, 2.05) is 0 Å². The van der Waals surface area contributed by atoms with Crippen molar-refractivity contribution < 1.29 is 19.7 Å². The molecule has 0 radical (unpaired) electrons. The smallest absolute Gasteiger partial charge is 0.104 e. The summed E-state index contributed by atoms with van der Waals surface area (Å²) in [5.74, 6) is 0. The lowest BCUT2D eigenvalue weighted by Gasteiger charge is -1.95. The van der Waals surface area contributed by atoms with E-state index in [4.69, 9.17) is 14.2 Å². The van der Waals surface area contributed by atoms with Gasteiger partial charge in [-0.3, -0.25) is 0 Å². The van der Waals surface area contributed by atoms with Crippen LogP contribution in [-0.2, 0) is 14.2 Å². The lowest BCUT2D eigenvalue weighted by Crippen LogP contribution is -2.06. The van der Waals surface area contributed by atoms with E-state index >= 15 is 0 Å². The summed E-state index contributed by atoms with van der Waals surface area (Å²) in [6, 6.07) is 0. The molecule has 0 spiro atoms. The SMILES string of the molecule is C(OCC1CO1)C1CO1.C=C.O. The molecule has 2 N–H and O–H groups in total. The molecule has 72 valence electrons. The Balaban J connectivity index is 0.000000378. The Morgan fingerprint density at radius 3 is 1.67 bits per heavy atom. The maximum atomic E-state index is 5.23. The summed E-state index contributed by atoms with van der Waals surface area (Å²) >= 11 is 0. The predicted octanol–water partition coefficient (Wildman–Crippen LogP) is -0.222. The van der Waals surface area contributed by atoms with Crippen molar-refractivity contribution in [3.63, 3.8) is 0 Å². The van der Waals surface area contributed by atoms with Crippen molar-refractivity contribution in [2.45, 2.75) is 12.2 Å². The molecule has 2 atom stereocenters. The first-order valence-corrected chi connectivity index (χ1v) is 3.76. The quantitative estimate of drug-likeness (QED) is 0.439. The minimum Gasteiger partial charge on any atom is -0.412 e. The molecule has 4 heteroatoms. The Bertz CT molecular complexity index is 97.6. The minimum atomic E-state index is 0. The molecule has 0 aromatic heterocycles. The summed E-state index contributed by atoms with van der Waals surface area (Å²) in [6.07, 6.45) is 0.785. The van der Waals surface area contributed by atoms with E-state index in [0.29, 0.717) is 12.2 Å². The van der Waals surface area contributed by atoms with E-state index in [1.54, 1.807) is 0 Å². The molecule has 4 nitrogen and oxygen atoms in total. The first-order valence-electron chi connectivity index (χ1n) is 3.76. The zero-order valence-electron chi connectivity index (χ0n) is 7.12. The Morgan fingerprint density at radius 2 is 1.42 bits per heavy atom. The van der Waals surface area contributed by atoms with Crippen molar-refractivity contribution in [1.82, 2.24) is 0 Å². The molecule has 2 aliphatic rings. The van der Waals surface area contributed by atoms with Crippen LogP contribution in [0.2, 0.25) is 0 Å². The minimum absolute atomic E-state index is 0. The fourth-order valence-corrected chi connectivity index (χ4v) is 0.659. The van der Waals surface area contributed by atoms with Crippen molar-refractivity contribution in [3.8, 4) is 0 Å². The van der Waals surface area contributed by atoms with Crippen LogP contribution in [0.1, 0.15) is 0 Å². The molecule has 2 fully saturated rings. The van der Waals surface area contributed by atoms with E-state index in [9.17, 15) is 0 Å². The van der Waals surface area contributed by atoms with Crippen LogP contribution in [0.4, 0.5) is 0 Å². The molecule has 0 aromatic carbocycles. The van der Waals surface area contributed by atoms with Crippen LogP contribution in [0.15, 0.2) is 13.2 Å². The average molecular weight is 176 g/mol. The summed E-state index contributed by atoms with van der Waals surface area (Å²) in [5, 5.41) is 0. The Labute approximate surface area is 72.4 Å². The number of hydrogen-bond donors (Lipinski definition) is 0. The van der Waals surface area contributed by atoms with Crippen molar-refractivity contribution in [2.75, 3.05) is 26.4 Å². The molecule has 2 heterocycles. The highest BCUT2D eigenvalue weighted by molar-refractivity contribution is 4.71. The summed E-state index contributed by atoms with van der Waals surface area (Å²) in [6.45, 7) is 9.26. The molecule has 0 aliphatic carbocycles. The summed E-state index contributed by atoms with van der Waals surface area (Å²) in [7, 11) is 0. The molecule has 0 bridgehead atoms. The maximum Gasteiger partial charge on any atom is 0.104 e. The normalized spacial score (nSPS) is 29.3. The lowest BCUT2D eigenvalue weighted by molar-refractivity contribution is 0.102. The second kappa shape index (κ2) is 6.14. The molecule has 2 saturated heterocycles. The Hall–Kier alpha value is -0.420. The van der Waals surface area contributed by atoms with Gasteiger partial charge in [-0.1, -0.05) is 0 Å². The van der Waals surface area contributed by atoms with Crippen LogP contribution in [-0.4, -0.2) is 44.1 Å². The highest BCUT2D eigenvalue weighted by Crippen LogP contribution is 2.12. The summed E-state index contributed by atoms with van der Waals surface area (Å²) < 4.78 is 15.1. The monoisotopic (exact) mass is 176 g/mol. The predicted molar refractivity (Wildman–Crippen MR) is 45.2 cm³/mol. The first kappa shape index (κ1) is 11.6. The summed E-state index contributed by atoms with van der Waals surface area (Å²) in [5.41, 5.74) is 0. The number of ether oxygens (including phenoxy) is 3. The molecule has 0 aromatic rings. The van der Waals surface area contributed by atoms with Crippen molar-refractivity contribution in [3.05, 3.63) is 13.2 Å². The van der Waals surface area contributed by atoms with Crippen molar-refractivity contribution in [1.29, 1.82) is 0 Å². The van der Waals surface area contributed by atoms with Gasteiger partial charge in [-0.2, -0.15) is 0 Å². The van der Waals surface area contributed by atoms with Gasteiger partial charge in [0.1, 0.15) is 12.2 Å². The largest absolute Gasteiger partial charge is 0.412 e. The van der Waals surface area contributed by atoms with E-state index in [1.165, 1.54) is 0 Å². The van der Waals surface area contributed by atoms with Gasteiger partial charge in [0, 0.05) is 0 Å². The van der Waals surface area contributed by atoms with E-state index in [-0.39, 0.29) is 5.48 Å². The fraction of sp³-hybridized carbons (Fsp3) is 0.750. The van der Waals surface area contributed by atoms with Gasteiger partial charge >= 0.3 is 0 Å². The van der Waals surface area contributed by atoms with Crippen LogP contribution < -0.4 is 0 Å². The lowest BCUT2D eigenvalue weighted by atomic mass is 10.5. The second-order valence-corrected chi connectivity index (χ2v) is 2.45. The molecule has 2 unspecified atom stereocenters. The van der Waals surface area contributed by atoms with E-state index in [2.05, 4.69) is 13.2 Å².